The lowest BCUT2D eigenvalue weighted by Crippen LogP contribution is -2.22. The van der Waals surface area contributed by atoms with Gasteiger partial charge in [0.2, 0.25) is 0 Å². The first-order valence-electron chi connectivity index (χ1n) is 8.28. The zero-order valence-corrected chi connectivity index (χ0v) is 15.4. The molecule has 0 fully saturated rings. The quantitative estimate of drug-likeness (QED) is 0.834. The third-order valence-corrected chi connectivity index (χ3v) is 3.90. The molecule has 26 heavy (non-hydrogen) atoms. The van der Waals surface area contributed by atoms with E-state index in [-0.39, 0.29) is 11.5 Å². The van der Waals surface area contributed by atoms with Gasteiger partial charge in [0.1, 0.15) is 23.0 Å². The standard InChI is InChI=1S/C23H24O3/c1-15-6-11-22(24)13-20(15)9-7-18(4)26-19(5)8-10-21-14-23(25)17(3)12-16(21)2/h6-14,24-25H,1-2H2,3-5H3/b18-7+,19-8+,20-9-,21-10-. The van der Waals surface area contributed by atoms with Crippen molar-refractivity contribution < 1.29 is 14.9 Å². The number of ether oxygens (including phenoxy) is 1. The van der Waals surface area contributed by atoms with Crippen LogP contribution in [0.25, 0.3) is 25.3 Å². The molecule has 0 amide bonds. The molecule has 0 atom stereocenters. The molecule has 2 N–H and O–H groups in total. The molecule has 3 heteroatoms. The second-order valence-electron chi connectivity index (χ2n) is 6.21. The highest BCUT2D eigenvalue weighted by molar-refractivity contribution is 5.44. The number of hydrogen-bond donors (Lipinski definition) is 2. The zero-order valence-electron chi connectivity index (χ0n) is 15.4. The van der Waals surface area contributed by atoms with Gasteiger partial charge in [0.15, 0.2) is 0 Å². The molecule has 0 radical (unpaired) electrons. The van der Waals surface area contributed by atoms with Crippen molar-refractivity contribution in [3.05, 3.63) is 80.4 Å². The number of phenolic OH excluding ortho intramolecular Hbond substituents is 2. The summed E-state index contributed by atoms with van der Waals surface area (Å²) in [5, 5.41) is 22.7. The minimum Gasteiger partial charge on any atom is -0.508 e. The number of hydrogen-bond acceptors (Lipinski definition) is 3. The van der Waals surface area contributed by atoms with Crippen molar-refractivity contribution in [1.82, 2.24) is 0 Å². The first kappa shape index (κ1) is 19.1. The van der Waals surface area contributed by atoms with Gasteiger partial charge in [0, 0.05) is 0 Å². The summed E-state index contributed by atoms with van der Waals surface area (Å²) in [6.45, 7) is 13.5. The summed E-state index contributed by atoms with van der Waals surface area (Å²) >= 11 is 0. The van der Waals surface area contributed by atoms with Gasteiger partial charge < -0.3 is 14.9 Å². The maximum Gasteiger partial charge on any atom is 0.119 e. The summed E-state index contributed by atoms with van der Waals surface area (Å²) in [4.78, 5) is 0. The van der Waals surface area contributed by atoms with Crippen molar-refractivity contribution in [1.29, 1.82) is 0 Å². The van der Waals surface area contributed by atoms with Crippen LogP contribution in [0.1, 0.15) is 19.4 Å². The SMILES string of the molecule is C=c1ccc(O)c/c1=C/C=C(\C)O/C(C)=C/C=c1/cc(O)c(C)cc1=C. The van der Waals surface area contributed by atoms with Gasteiger partial charge in [-0.25, -0.2) is 0 Å². The number of aryl methyl sites for hydroxylation is 1. The maximum atomic E-state index is 9.82. The highest BCUT2D eigenvalue weighted by Crippen LogP contribution is 2.09. The van der Waals surface area contributed by atoms with E-state index in [1.807, 2.05) is 51.1 Å². The van der Waals surface area contributed by atoms with Crippen LogP contribution in [0.5, 0.6) is 11.5 Å². The minimum absolute atomic E-state index is 0.201. The first-order valence-corrected chi connectivity index (χ1v) is 8.28. The summed E-state index contributed by atoms with van der Waals surface area (Å²) in [6.07, 6.45) is 7.36. The number of rotatable bonds is 4. The van der Waals surface area contributed by atoms with Crippen LogP contribution in [0.4, 0.5) is 0 Å². The van der Waals surface area contributed by atoms with E-state index in [4.69, 9.17) is 4.74 Å². The second kappa shape index (κ2) is 8.26. The number of allylic oxidation sites excluding steroid dienone is 4. The fraction of sp³-hybridized carbons (Fsp3) is 0.130. The Morgan fingerprint density at radius 1 is 0.885 bits per heavy atom. The average molecular weight is 348 g/mol. The molecule has 0 bridgehead atoms. The fourth-order valence-corrected chi connectivity index (χ4v) is 2.40. The highest BCUT2D eigenvalue weighted by atomic mass is 16.5. The van der Waals surface area contributed by atoms with E-state index < -0.39 is 0 Å². The van der Waals surface area contributed by atoms with E-state index in [0.29, 0.717) is 11.5 Å². The third kappa shape index (κ3) is 5.15. The number of benzene rings is 2. The van der Waals surface area contributed by atoms with E-state index in [1.165, 1.54) is 0 Å². The molecule has 2 aromatic rings. The van der Waals surface area contributed by atoms with Crippen LogP contribution in [-0.2, 0) is 4.74 Å². The molecule has 2 aromatic carbocycles. The zero-order chi connectivity index (χ0) is 19.3. The largest absolute Gasteiger partial charge is 0.508 e. The topological polar surface area (TPSA) is 49.7 Å². The predicted molar refractivity (Wildman–Crippen MR) is 108 cm³/mol. The van der Waals surface area contributed by atoms with Crippen LogP contribution in [0, 0.1) is 6.92 Å². The van der Waals surface area contributed by atoms with Gasteiger partial charge in [-0.3, -0.25) is 0 Å². The molecular weight excluding hydrogens is 324 g/mol. The van der Waals surface area contributed by atoms with Crippen molar-refractivity contribution in [3.63, 3.8) is 0 Å². The Morgan fingerprint density at radius 2 is 1.46 bits per heavy atom. The molecule has 0 aromatic heterocycles. The molecule has 134 valence electrons. The second-order valence-corrected chi connectivity index (χ2v) is 6.21. The van der Waals surface area contributed by atoms with Crippen LogP contribution >= 0.6 is 0 Å². The van der Waals surface area contributed by atoms with E-state index in [1.54, 1.807) is 24.3 Å². The van der Waals surface area contributed by atoms with Crippen molar-refractivity contribution in [3.8, 4) is 11.5 Å². The van der Waals surface area contributed by atoms with Gasteiger partial charge in [0.05, 0.1) is 0 Å². The Balaban J connectivity index is 2.22. The molecule has 0 spiro atoms. The van der Waals surface area contributed by atoms with Crippen LogP contribution in [0.2, 0.25) is 0 Å². The first-order chi connectivity index (χ1) is 12.3. The van der Waals surface area contributed by atoms with Gasteiger partial charge in [-0.15, -0.1) is 0 Å². The van der Waals surface area contributed by atoms with E-state index in [0.717, 1.165) is 26.4 Å². The van der Waals surface area contributed by atoms with Crippen molar-refractivity contribution in [2.75, 3.05) is 0 Å². The maximum absolute atomic E-state index is 9.82. The Kier molecular flexibility index (Phi) is 6.07. The van der Waals surface area contributed by atoms with Crippen LogP contribution in [-0.4, -0.2) is 10.2 Å². The Hall–Kier alpha value is -3.20. The van der Waals surface area contributed by atoms with E-state index >= 15 is 0 Å². The lowest BCUT2D eigenvalue weighted by atomic mass is 10.1. The van der Waals surface area contributed by atoms with Crippen molar-refractivity contribution >= 4 is 25.3 Å². The molecule has 0 saturated carbocycles. The summed E-state index contributed by atoms with van der Waals surface area (Å²) in [5.41, 5.74) is 0.801. The smallest absolute Gasteiger partial charge is 0.119 e. The third-order valence-electron chi connectivity index (χ3n) is 3.90. The normalized spacial score (nSPS) is 14.0. The number of phenols is 2. The Morgan fingerprint density at radius 3 is 2.08 bits per heavy atom. The lowest BCUT2D eigenvalue weighted by molar-refractivity contribution is 0.310. The molecule has 0 unspecified atom stereocenters. The van der Waals surface area contributed by atoms with Gasteiger partial charge in [0.25, 0.3) is 0 Å². The Bertz CT molecular complexity index is 1090. The lowest BCUT2D eigenvalue weighted by Gasteiger charge is -2.04. The minimum atomic E-state index is 0.201. The molecule has 0 aliphatic heterocycles. The number of aromatic hydroxyl groups is 2. The molecule has 3 nitrogen and oxygen atoms in total. The van der Waals surface area contributed by atoms with E-state index in [9.17, 15) is 10.2 Å². The van der Waals surface area contributed by atoms with Crippen LogP contribution in [0.15, 0.2) is 54.0 Å². The van der Waals surface area contributed by atoms with Crippen LogP contribution < -0.4 is 20.9 Å². The average Bonchev–Trinajstić information content (AvgIpc) is 2.57. The van der Waals surface area contributed by atoms with Crippen molar-refractivity contribution in [2.45, 2.75) is 20.8 Å². The monoisotopic (exact) mass is 348 g/mol. The molecule has 0 heterocycles. The van der Waals surface area contributed by atoms with E-state index in [2.05, 4.69) is 13.2 Å². The van der Waals surface area contributed by atoms with Gasteiger partial charge >= 0.3 is 0 Å². The van der Waals surface area contributed by atoms with Gasteiger partial charge in [-0.1, -0.05) is 31.4 Å². The molecular formula is C23H24O3. The highest BCUT2D eigenvalue weighted by Gasteiger charge is 1.95. The Labute approximate surface area is 153 Å². The molecule has 0 aliphatic carbocycles. The van der Waals surface area contributed by atoms with Gasteiger partial charge in [-0.05, 0) is 83.6 Å². The molecule has 2 rings (SSSR count). The van der Waals surface area contributed by atoms with Gasteiger partial charge in [-0.2, -0.15) is 0 Å². The fourth-order valence-electron chi connectivity index (χ4n) is 2.40. The predicted octanol–water partition coefficient (Wildman–Crippen LogP) is 2.31. The van der Waals surface area contributed by atoms with Crippen LogP contribution in [0.3, 0.4) is 0 Å². The summed E-state index contributed by atoms with van der Waals surface area (Å²) in [5.74, 6) is 1.86. The molecule has 0 saturated heterocycles. The summed E-state index contributed by atoms with van der Waals surface area (Å²) in [7, 11) is 0. The van der Waals surface area contributed by atoms with Crippen molar-refractivity contribution in [2.24, 2.45) is 0 Å². The molecule has 0 aliphatic rings. The summed E-state index contributed by atoms with van der Waals surface area (Å²) < 4.78 is 5.75. The summed E-state index contributed by atoms with van der Waals surface area (Å²) in [6, 6.07) is 8.56.